The van der Waals surface area contributed by atoms with E-state index in [1.807, 2.05) is 50.6 Å². The molecule has 17 rings (SSSR count). The number of hydrogen-bond acceptors (Lipinski definition) is 4. The molecule has 17 aromatic rings. The van der Waals surface area contributed by atoms with Crippen LogP contribution in [-0.2, 0) is 0 Å². The predicted octanol–water partition coefficient (Wildman–Crippen LogP) is 22.3. The molecule has 420 valence electrons. The summed E-state index contributed by atoms with van der Waals surface area (Å²) in [6.07, 6.45) is 5.59. The van der Waals surface area contributed by atoms with Gasteiger partial charge in [-0.05, 0) is 177 Å². The standard InChI is InChI=1S/C81H51N5O.C2H6/c1-2-18-52(19-3-1)59-20-4-5-21-60(59)53-31-37-76-67(46-53)68-47-54(61-22-6-9-25-64(61)73-28-12-15-43-82-73)32-38-77(68)85(76)57-35-41-80-71(50-57)72-51-58(36-42-81(72)87-80)86-78-39-33-55(62-23-7-10-26-65(62)74-29-13-16-44-83-74)48-69(78)70-49-56(34-40-79(70)86)63-24-8-11-27-66(63)75-30-14-17-45-84-75;1-2/h1-51H;1-2H3. The highest BCUT2D eigenvalue weighted by atomic mass is 16.3. The lowest BCUT2D eigenvalue weighted by Gasteiger charge is -2.12. The van der Waals surface area contributed by atoms with Crippen molar-refractivity contribution in [2.45, 2.75) is 13.8 Å². The Labute approximate surface area is 515 Å². The van der Waals surface area contributed by atoms with Crippen LogP contribution in [0.4, 0.5) is 0 Å². The molecule has 0 spiro atoms. The molecular weight excluding hydrogens is 1080 g/mol. The summed E-state index contributed by atoms with van der Waals surface area (Å²) in [4.78, 5) is 14.4. The van der Waals surface area contributed by atoms with E-state index in [0.717, 1.165) is 144 Å². The molecule has 0 unspecified atom stereocenters. The molecule has 0 atom stereocenters. The fourth-order valence-electron chi connectivity index (χ4n) is 13.3. The summed E-state index contributed by atoms with van der Waals surface area (Å²) in [6.45, 7) is 4.00. The number of furan rings is 1. The lowest BCUT2D eigenvalue weighted by Crippen LogP contribution is -1.95. The van der Waals surface area contributed by atoms with Crippen LogP contribution in [0.3, 0.4) is 0 Å². The molecule has 0 N–H and O–H groups in total. The minimum absolute atomic E-state index is 0.827. The zero-order valence-electron chi connectivity index (χ0n) is 49.1. The molecule has 0 aliphatic heterocycles. The summed E-state index contributed by atoms with van der Waals surface area (Å²) in [5, 5.41) is 6.70. The Morgan fingerprint density at radius 1 is 0.236 bits per heavy atom. The fraction of sp³-hybridized carbons (Fsp3) is 0.0241. The Hall–Kier alpha value is -11.7. The Morgan fingerprint density at radius 3 is 0.854 bits per heavy atom. The van der Waals surface area contributed by atoms with Crippen LogP contribution in [-0.4, -0.2) is 24.1 Å². The monoisotopic (exact) mass is 1140 g/mol. The quantitative estimate of drug-likeness (QED) is 0.137. The van der Waals surface area contributed by atoms with E-state index in [0.29, 0.717) is 0 Å². The van der Waals surface area contributed by atoms with E-state index in [1.54, 1.807) is 0 Å². The van der Waals surface area contributed by atoms with Gasteiger partial charge in [0.15, 0.2) is 0 Å². The van der Waals surface area contributed by atoms with Crippen molar-refractivity contribution >= 4 is 65.6 Å². The maximum Gasteiger partial charge on any atom is 0.135 e. The first-order valence-corrected chi connectivity index (χ1v) is 30.5. The smallest absolute Gasteiger partial charge is 0.135 e. The largest absolute Gasteiger partial charge is 0.456 e. The summed E-state index contributed by atoms with van der Waals surface area (Å²) in [7, 11) is 0. The van der Waals surface area contributed by atoms with Crippen LogP contribution in [0, 0.1) is 0 Å². The van der Waals surface area contributed by atoms with Crippen molar-refractivity contribution in [3.63, 3.8) is 0 Å². The molecule has 11 aromatic carbocycles. The number of aromatic nitrogens is 5. The maximum absolute atomic E-state index is 6.76. The third kappa shape index (κ3) is 9.16. The Balaban J connectivity index is 0.00000315. The molecule has 6 heteroatoms. The van der Waals surface area contributed by atoms with Crippen molar-refractivity contribution < 1.29 is 4.42 Å². The Kier molecular flexibility index (Phi) is 13.2. The highest BCUT2D eigenvalue weighted by Crippen LogP contribution is 2.45. The van der Waals surface area contributed by atoms with Gasteiger partial charge in [0.25, 0.3) is 0 Å². The molecule has 6 heterocycles. The second-order valence-corrected chi connectivity index (χ2v) is 22.3. The molecule has 89 heavy (non-hydrogen) atoms. The van der Waals surface area contributed by atoms with Gasteiger partial charge in [0, 0.05) is 79.0 Å². The lowest BCUT2D eigenvalue weighted by atomic mass is 9.93. The molecule has 6 nitrogen and oxygen atoms in total. The molecular formula is C83H57N5O. The summed E-state index contributed by atoms with van der Waals surface area (Å²) < 4.78 is 11.6. The SMILES string of the molecule is CC.c1ccc(-c2ccccc2-c2ccc3c(c2)c2cc(-c4ccccc4-c4ccccn4)ccc2n3-c2ccc3oc4ccc(-n5c6ccc(-c7ccccc7-c7ccccn7)cc6c6cc(-c7ccccc7-c7ccccn7)ccc65)cc4c3c2)cc1. The molecule has 6 aromatic heterocycles. The number of nitrogens with zero attached hydrogens (tertiary/aromatic N) is 5. The van der Waals surface area contributed by atoms with Crippen LogP contribution in [0.2, 0.25) is 0 Å². The molecule has 0 saturated carbocycles. The van der Waals surface area contributed by atoms with E-state index < -0.39 is 0 Å². The average Bonchev–Trinajstić information content (AvgIpc) is 2.03. The van der Waals surface area contributed by atoms with Gasteiger partial charge in [0.05, 0.1) is 39.1 Å². The zero-order valence-corrected chi connectivity index (χ0v) is 49.1. The van der Waals surface area contributed by atoms with E-state index >= 15 is 0 Å². The van der Waals surface area contributed by atoms with Crippen molar-refractivity contribution in [1.29, 1.82) is 0 Å². The minimum Gasteiger partial charge on any atom is -0.456 e. The molecule has 0 saturated heterocycles. The number of fused-ring (bicyclic) bond motifs is 9. The topological polar surface area (TPSA) is 61.7 Å². The van der Waals surface area contributed by atoms with Crippen LogP contribution in [0.5, 0.6) is 0 Å². The molecule has 0 radical (unpaired) electrons. The van der Waals surface area contributed by atoms with Gasteiger partial charge < -0.3 is 13.6 Å². The first kappa shape index (κ1) is 52.8. The highest BCUT2D eigenvalue weighted by molar-refractivity contribution is 6.15. The van der Waals surface area contributed by atoms with E-state index in [2.05, 4.69) is 282 Å². The van der Waals surface area contributed by atoms with Crippen LogP contribution in [0.25, 0.3) is 166 Å². The predicted molar refractivity (Wildman–Crippen MR) is 371 cm³/mol. The van der Waals surface area contributed by atoms with Gasteiger partial charge in [-0.1, -0.05) is 184 Å². The van der Waals surface area contributed by atoms with Gasteiger partial charge >= 0.3 is 0 Å². The van der Waals surface area contributed by atoms with Crippen LogP contribution < -0.4 is 0 Å². The number of benzene rings is 11. The van der Waals surface area contributed by atoms with Crippen LogP contribution in [0.1, 0.15) is 13.8 Å². The minimum atomic E-state index is 0.827. The van der Waals surface area contributed by atoms with Gasteiger partial charge in [-0.15, -0.1) is 0 Å². The van der Waals surface area contributed by atoms with E-state index in [1.165, 1.54) is 22.1 Å². The number of hydrogen-bond donors (Lipinski definition) is 0. The zero-order chi connectivity index (χ0) is 59.4. The van der Waals surface area contributed by atoms with Crippen LogP contribution >= 0.6 is 0 Å². The maximum atomic E-state index is 6.76. The Bertz CT molecular complexity index is 4890. The molecule has 0 fully saturated rings. The van der Waals surface area contributed by atoms with E-state index in [4.69, 9.17) is 19.4 Å². The van der Waals surface area contributed by atoms with E-state index in [-0.39, 0.29) is 0 Å². The van der Waals surface area contributed by atoms with Crippen LogP contribution in [0.15, 0.2) is 314 Å². The van der Waals surface area contributed by atoms with E-state index in [9.17, 15) is 0 Å². The first-order chi connectivity index (χ1) is 44.1. The third-order valence-electron chi connectivity index (χ3n) is 17.3. The third-order valence-corrected chi connectivity index (χ3v) is 17.3. The lowest BCUT2D eigenvalue weighted by molar-refractivity contribution is 0.669. The van der Waals surface area contributed by atoms with Gasteiger partial charge in [-0.3, -0.25) is 15.0 Å². The van der Waals surface area contributed by atoms with Crippen molar-refractivity contribution in [1.82, 2.24) is 24.1 Å². The molecule has 0 aliphatic rings. The van der Waals surface area contributed by atoms with Gasteiger partial charge in [-0.25, -0.2) is 0 Å². The highest BCUT2D eigenvalue weighted by Gasteiger charge is 2.22. The molecule has 0 bridgehead atoms. The normalized spacial score (nSPS) is 11.5. The average molecular weight is 1140 g/mol. The first-order valence-electron chi connectivity index (χ1n) is 30.5. The van der Waals surface area contributed by atoms with Crippen molar-refractivity contribution in [2.75, 3.05) is 0 Å². The van der Waals surface area contributed by atoms with Crippen molar-refractivity contribution in [2.24, 2.45) is 0 Å². The number of pyridine rings is 3. The number of rotatable bonds is 10. The Morgan fingerprint density at radius 2 is 0.528 bits per heavy atom. The summed E-state index contributed by atoms with van der Waals surface area (Å²) in [6, 6.07) is 104. The molecule has 0 amide bonds. The van der Waals surface area contributed by atoms with Gasteiger partial charge in [0.2, 0.25) is 0 Å². The summed E-state index contributed by atoms with van der Waals surface area (Å²) >= 11 is 0. The second-order valence-electron chi connectivity index (χ2n) is 22.3. The summed E-state index contributed by atoms with van der Waals surface area (Å²) in [5.41, 5.74) is 25.7. The van der Waals surface area contributed by atoms with Gasteiger partial charge in [-0.2, -0.15) is 0 Å². The van der Waals surface area contributed by atoms with Crippen molar-refractivity contribution in [3.05, 3.63) is 310 Å². The summed E-state index contributed by atoms with van der Waals surface area (Å²) in [5.74, 6) is 0. The molecule has 0 aliphatic carbocycles. The second kappa shape index (κ2) is 22.3. The van der Waals surface area contributed by atoms with Crippen molar-refractivity contribution in [3.8, 4) is 101 Å². The fourth-order valence-corrected chi connectivity index (χ4v) is 13.3. The van der Waals surface area contributed by atoms with Gasteiger partial charge in [0.1, 0.15) is 11.2 Å².